The van der Waals surface area contributed by atoms with E-state index in [0.717, 1.165) is 37.7 Å². The highest BCUT2D eigenvalue weighted by molar-refractivity contribution is 5.85. The summed E-state index contributed by atoms with van der Waals surface area (Å²) in [6, 6.07) is 8.24. The number of fused-ring (bicyclic) bond motifs is 1. The first-order chi connectivity index (χ1) is 12.6. The van der Waals surface area contributed by atoms with Crippen molar-refractivity contribution in [2.24, 2.45) is 0 Å². The van der Waals surface area contributed by atoms with E-state index < -0.39 is 5.63 Å². The van der Waals surface area contributed by atoms with Crippen LogP contribution in [0.5, 0.6) is 5.75 Å². The summed E-state index contributed by atoms with van der Waals surface area (Å²) in [6.07, 6.45) is 2.82. The molecule has 1 unspecified atom stereocenters. The number of hydrogen-bond acceptors (Lipinski definition) is 6. The number of carbonyl (C=O) groups excluding carboxylic acids is 1. The van der Waals surface area contributed by atoms with Gasteiger partial charge in [-0.25, -0.2) is 4.79 Å². The molecule has 3 heterocycles. The normalized spacial score (nSPS) is 21.0. The van der Waals surface area contributed by atoms with Crippen LogP contribution in [-0.2, 0) is 9.53 Å². The van der Waals surface area contributed by atoms with Gasteiger partial charge in [-0.05, 0) is 50.6 Å². The summed E-state index contributed by atoms with van der Waals surface area (Å²) in [6.45, 7) is 2.38. The van der Waals surface area contributed by atoms with E-state index in [4.69, 9.17) is 13.9 Å². The lowest BCUT2D eigenvalue weighted by Gasteiger charge is -2.32. The van der Waals surface area contributed by atoms with Gasteiger partial charge in [-0.15, -0.1) is 12.4 Å². The quantitative estimate of drug-likeness (QED) is 0.766. The number of piperidine rings is 1. The van der Waals surface area contributed by atoms with E-state index in [2.05, 4.69) is 10.6 Å². The lowest BCUT2D eigenvalue weighted by atomic mass is 9.88. The smallest absolute Gasteiger partial charge is 0.336 e. The number of amides is 1. The van der Waals surface area contributed by atoms with E-state index in [9.17, 15) is 9.59 Å². The van der Waals surface area contributed by atoms with Crippen LogP contribution in [0, 0.1) is 0 Å². The van der Waals surface area contributed by atoms with Gasteiger partial charge in [0, 0.05) is 17.5 Å². The van der Waals surface area contributed by atoms with Crippen LogP contribution in [0.15, 0.2) is 39.5 Å². The fourth-order valence-corrected chi connectivity index (χ4v) is 3.72. The molecule has 146 valence electrons. The molecule has 0 aliphatic carbocycles. The molecule has 1 atom stereocenters. The first-order valence-electron chi connectivity index (χ1n) is 8.93. The van der Waals surface area contributed by atoms with Gasteiger partial charge >= 0.3 is 5.63 Å². The molecule has 7 nitrogen and oxygen atoms in total. The van der Waals surface area contributed by atoms with E-state index >= 15 is 0 Å². The topological polar surface area (TPSA) is 89.8 Å². The molecule has 2 aliphatic heterocycles. The molecule has 1 aromatic carbocycles. The first-order valence-corrected chi connectivity index (χ1v) is 8.93. The highest BCUT2D eigenvalue weighted by Gasteiger charge is 2.41. The van der Waals surface area contributed by atoms with Crippen LogP contribution in [0.25, 0.3) is 11.0 Å². The van der Waals surface area contributed by atoms with Crippen LogP contribution in [0.2, 0.25) is 0 Å². The average molecular weight is 395 g/mol. The Kier molecular flexibility index (Phi) is 6.04. The van der Waals surface area contributed by atoms with Crippen molar-refractivity contribution < 1.29 is 18.7 Å². The molecule has 2 aromatic rings. The van der Waals surface area contributed by atoms with Crippen LogP contribution >= 0.6 is 12.4 Å². The summed E-state index contributed by atoms with van der Waals surface area (Å²) in [4.78, 5) is 23.5. The summed E-state index contributed by atoms with van der Waals surface area (Å²) >= 11 is 0. The predicted molar refractivity (Wildman–Crippen MR) is 103 cm³/mol. The maximum absolute atomic E-state index is 12.2. The molecule has 27 heavy (non-hydrogen) atoms. The Morgan fingerprint density at radius 1 is 1.26 bits per heavy atom. The number of benzene rings is 1. The second kappa shape index (κ2) is 8.29. The van der Waals surface area contributed by atoms with E-state index in [1.165, 1.54) is 6.07 Å². The molecule has 1 spiro atoms. The molecule has 1 aromatic heterocycles. The zero-order valence-electron chi connectivity index (χ0n) is 14.9. The molecule has 0 bridgehead atoms. The van der Waals surface area contributed by atoms with Gasteiger partial charge in [0.2, 0.25) is 0 Å². The van der Waals surface area contributed by atoms with Crippen molar-refractivity contribution >= 4 is 29.3 Å². The van der Waals surface area contributed by atoms with Gasteiger partial charge in [0.1, 0.15) is 11.3 Å². The average Bonchev–Trinajstić information content (AvgIpc) is 3.02. The molecular formula is C19H23ClN2O5. The minimum atomic E-state index is -0.416. The molecule has 2 saturated heterocycles. The van der Waals surface area contributed by atoms with Crippen molar-refractivity contribution in [3.8, 4) is 5.75 Å². The summed E-state index contributed by atoms with van der Waals surface area (Å²) in [5, 5.41) is 7.12. The molecule has 8 heteroatoms. The van der Waals surface area contributed by atoms with Crippen LogP contribution in [0.3, 0.4) is 0 Å². The Hall–Kier alpha value is -2.09. The van der Waals surface area contributed by atoms with Crippen LogP contribution < -0.4 is 21.0 Å². The van der Waals surface area contributed by atoms with E-state index in [1.807, 2.05) is 0 Å². The van der Waals surface area contributed by atoms with E-state index in [-0.39, 0.29) is 36.6 Å². The number of carbonyl (C=O) groups is 1. The molecule has 2 fully saturated rings. The predicted octanol–water partition coefficient (Wildman–Crippen LogP) is 1.62. The summed E-state index contributed by atoms with van der Waals surface area (Å²) in [7, 11) is 0. The Morgan fingerprint density at radius 3 is 2.85 bits per heavy atom. The van der Waals surface area contributed by atoms with Crippen molar-refractivity contribution in [3.63, 3.8) is 0 Å². The fraction of sp³-hybridized carbons (Fsp3) is 0.474. The number of halogens is 1. The number of hydrogen-bond donors (Lipinski definition) is 2. The van der Waals surface area contributed by atoms with E-state index in [1.54, 1.807) is 24.3 Å². The Bertz CT molecular complexity index is 863. The standard InChI is InChI=1S/C19H22N2O5.ClH/c22-17(21-14-10-19(25-11-14)5-7-20-8-6-19)12-24-15-3-1-13-2-4-18(23)26-16(13)9-15;/h1-4,9,14,20H,5-8,10-12H2,(H,21,22);1H. The molecule has 0 saturated carbocycles. The molecule has 0 radical (unpaired) electrons. The Morgan fingerprint density at radius 2 is 2.04 bits per heavy atom. The summed E-state index contributed by atoms with van der Waals surface area (Å²) in [5.74, 6) is 0.304. The maximum Gasteiger partial charge on any atom is 0.336 e. The van der Waals surface area contributed by atoms with Crippen LogP contribution in [0.1, 0.15) is 19.3 Å². The van der Waals surface area contributed by atoms with Crippen LogP contribution in [-0.4, -0.2) is 43.9 Å². The number of nitrogens with one attached hydrogen (secondary N) is 2. The molecule has 2 N–H and O–H groups in total. The second-order valence-corrected chi connectivity index (χ2v) is 6.96. The highest BCUT2D eigenvalue weighted by Crippen LogP contribution is 2.33. The molecule has 2 aliphatic rings. The lowest BCUT2D eigenvalue weighted by molar-refractivity contribution is -0.123. The zero-order chi connectivity index (χ0) is 18.0. The highest BCUT2D eigenvalue weighted by atomic mass is 35.5. The van der Waals surface area contributed by atoms with Crippen molar-refractivity contribution in [1.82, 2.24) is 10.6 Å². The third-order valence-corrected chi connectivity index (χ3v) is 5.05. The number of rotatable bonds is 4. The van der Waals surface area contributed by atoms with Crippen molar-refractivity contribution in [1.29, 1.82) is 0 Å². The largest absolute Gasteiger partial charge is 0.484 e. The Balaban J connectivity index is 0.00000210. The van der Waals surface area contributed by atoms with Gasteiger partial charge in [-0.2, -0.15) is 0 Å². The van der Waals surface area contributed by atoms with Gasteiger partial charge in [-0.1, -0.05) is 0 Å². The van der Waals surface area contributed by atoms with Gasteiger partial charge < -0.3 is 24.5 Å². The van der Waals surface area contributed by atoms with Crippen molar-refractivity contribution in [2.45, 2.75) is 30.9 Å². The van der Waals surface area contributed by atoms with Crippen molar-refractivity contribution in [2.75, 3.05) is 26.3 Å². The Labute approximate surface area is 162 Å². The minimum absolute atomic E-state index is 0. The summed E-state index contributed by atoms with van der Waals surface area (Å²) in [5.41, 5.74) is -0.0622. The molecule has 4 rings (SSSR count). The summed E-state index contributed by atoms with van der Waals surface area (Å²) < 4.78 is 16.6. The second-order valence-electron chi connectivity index (χ2n) is 6.96. The van der Waals surface area contributed by atoms with E-state index in [0.29, 0.717) is 17.9 Å². The van der Waals surface area contributed by atoms with Gasteiger partial charge in [-0.3, -0.25) is 4.79 Å². The monoisotopic (exact) mass is 394 g/mol. The fourth-order valence-electron chi connectivity index (χ4n) is 3.72. The number of ether oxygens (including phenoxy) is 2. The van der Waals surface area contributed by atoms with Crippen LogP contribution in [0.4, 0.5) is 0 Å². The first kappa shape index (κ1) is 19.7. The third kappa shape index (κ3) is 4.61. The SMILES string of the molecule is Cl.O=C(COc1ccc2ccc(=O)oc2c1)NC1COC2(CCNCC2)C1. The van der Waals surface area contributed by atoms with Gasteiger partial charge in [0.15, 0.2) is 6.61 Å². The third-order valence-electron chi connectivity index (χ3n) is 5.05. The van der Waals surface area contributed by atoms with Crippen molar-refractivity contribution in [3.05, 3.63) is 40.8 Å². The lowest BCUT2D eigenvalue weighted by Crippen LogP contribution is -2.43. The van der Waals surface area contributed by atoms with Gasteiger partial charge in [0.05, 0.1) is 18.2 Å². The molecule has 1 amide bonds. The maximum atomic E-state index is 12.2. The minimum Gasteiger partial charge on any atom is -0.484 e. The molecular weight excluding hydrogens is 372 g/mol. The zero-order valence-corrected chi connectivity index (χ0v) is 15.7. The van der Waals surface area contributed by atoms with Gasteiger partial charge in [0.25, 0.3) is 5.91 Å².